The minimum Gasteiger partial charge on any atom is -0.384 e. The summed E-state index contributed by atoms with van der Waals surface area (Å²) in [6.45, 7) is 4.79. The van der Waals surface area contributed by atoms with Gasteiger partial charge in [0, 0.05) is 18.8 Å². The van der Waals surface area contributed by atoms with Gasteiger partial charge in [-0.15, -0.1) is 0 Å². The summed E-state index contributed by atoms with van der Waals surface area (Å²) in [5, 5.41) is 0. The fourth-order valence-corrected chi connectivity index (χ4v) is 2.58. The molecule has 2 heterocycles. The molecule has 0 aliphatic carbocycles. The molecule has 1 aromatic heterocycles. The van der Waals surface area contributed by atoms with Gasteiger partial charge in [0.05, 0.1) is 6.54 Å². The minimum atomic E-state index is 0.439. The van der Waals surface area contributed by atoms with Crippen LogP contribution < -0.4 is 11.5 Å². The molecule has 17 heavy (non-hydrogen) atoms. The predicted octanol–water partition coefficient (Wildman–Crippen LogP) is 0.618. The molecular weight excluding hydrogens is 214 g/mol. The summed E-state index contributed by atoms with van der Waals surface area (Å²) < 4.78 is 0. The Morgan fingerprint density at radius 1 is 1.53 bits per heavy atom. The molecule has 5 nitrogen and oxygen atoms in total. The molecule has 5 heteroatoms. The Kier molecular flexibility index (Phi) is 3.91. The minimum absolute atomic E-state index is 0.439. The van der Waals surface area contributed by atoms with Crippen molar-refractivity contribution in [1.82, 2.24) is 14.9 Å². The molecule has 0 bridgehead atoms. The zero-order chi connectivity index (χ0) is 12.3. The standard InChI is InChI=1S/C12H21N5/c1-9-3-2-6-17(10(9)7-13)8-12-15-5-4-11(14)16-12/h4-5,9-10H,2-3,6-8,13H2,1H3,(H2,14,15,16). The van der Waals surface area contributed by atoms with Crippen molar-refractivity contribution in [2.75, 3.05) is 18.8 Å². The molecule has 0 aromatic carbocycles. The average Bonchev–Trinajstić information content (AvgIpc) is 2.29. The summed E-state index contributed by atoms with van der Waals surface area (Å²) in [7, 11) is 0. The molecule has 0 spiro atoms. The topological polar surface area (TPSA) is 81.1 Å². The number of rotatable bonds is 3. The normalized spacial score (nSPS) is 26.0. The van der Waals surface area contributed by atoms with Crippen molar-refractivity contribution in [3.05, 3.63) is 18.1 Å². The Balaban J connectivity index is 2.06. The SMILES string of the molecule is CC1CCCN(Cc2nccc(N)n2)C1CN. The van der Waals surface area contributed by atoms with Gasteiger partial charge in [0.1, 0.15) is 11.6 Å². The van der Waals surface area contributed by atoms with Crippen LogP contribution in [0.15, 0.2) is 12.3 Å². The molecule has 0 saturated carbocycles. The second-order valence-corrected chi connectivity index (χ2v) is 4.79. The number of aromatic nitrogens is 2. The van der Waals surface area contributed by atoms with E-state index in [2.05, 4.69) is 21.8 Å². The molecule has 94 valence electrons. The molecule has 1 aliphatic rings. The van der Waals surface area contributed by atoms with Crippen LogP contribution in [0.25, 0.3) is 0 Å². The van der Waals surface area contributed by atoms with Crippen molar-refractivity contribution in [2.45, 2.75) is 32.4 Å². The zero-order valence-corrected chi connectivity index (χ0v) is 10.3. The van der Waals surface area contributed by atoms with Crippen molar-refractivity contribution < 1.29 is 0 Å². The van der Waals surface area contributed by atoms with Gasteiger partial charge < -0.3 is 11.5 Å². The fourth-order valence-electron chi connectivity index (χ4n) is 2.58. The van der Waals surface area contributed by atoms with E-state index in [4.69, 9.17) is 11.5 Å². The number of likely N-dealkylation sites (tertiary alicyclic amines) is 1. The Labute approximate surface area is 102 Å². The van der Waals surface area contributed by atoms with Crippen LogP contribution in [-0.4, -0.2) is 34.0 Å². The number of hydrogen-bond acceptors (Lipinski definition) is 5. The van der Waals surface area contributed by atoms with Crippen LogP contribution in [0.5, 0.6) is 0 Å². The first-order valence-electron chi connectivity index (χ1n) is 6.22. The molecule has 2 rings (SSSR count). The van der Waals surface area contributed by atoms with E-state index in [1.54, 1.807) is 12.3 Å². The lowest BCUT2D eigenvalue weighted by Gasteiger charge is -2.38. The Morgan fingerprint density at radius 2 is 2.35 bits per heavy atom. The van der Waals surface area contributed by atoms with Gasteiger partial charge in [-0.05, 0) is 31.4 Å². The van der Waals surface area contributed by atoms with E-state index in [-0.39, 0.29) is 0 Å². The third-order valence-electron chi connectivity index (χ3n) is 3.54. The molecule has 1 aliphatic heterocycles. The number of nitrogens with zero attached hydrogens (tertiary/aromatic N) is 3. The summed E-state index contributed by atoms with van der Waals surface area (Å²) in [6.07, 6.45) is 4.19. The summed E-state index contributed by atoms with van der Waals surface area (Å²) in [6, 6.07) is 2.15. The summed E-state index contributed by atoms with van der Waals surface area (Å²) in [5.41, 5.74) is 11.5. The van der Waals surface area contributed by atoms with Crippen molar-refractivity contribution in [2.24, 2.45) is 11.7 Å². The van der Waals surface area contributed by atoms with Crippen molar-refractivity contribution >= 4 is 5.82 Å². The molecule has 2 atom stereocenters. The van der Waals surface area contributed by atoms with E-state index in [0.717, 1.165) is 18.9 Å². The quantitative estimate of drug-likeness (QED) is 0.802. The highest BCUT2D eigenvalue weighted by Gasteiger charge is 2.27. The Hall–Kier alpha value is -1.20. The third-order valence-corrected chi connectivity index (χ3v) is 3.54. The van der Waals surface area contributed by atoms with E-state index < -0.39 is 0 Å². The van der Waals surface area contributed by atoms with E-state index >= 15 is 0 Å². The summed E-state index contributed by atoms with van der Waals surface area (Å²) in [4.78, 5) is 10.9. The number of nitrogens with two attached hydrogens (primary N) is 2. The smallest absolute Gasteiger partial charge is 0.144 e. The highest BCUT2D eigenvalue weighted by Crippen LogP contribution is 2.23. The van der Waals surface area contributed by atoms with E-state index in [1.807, 2.05) is 0 Å². The number of hydrogen-bond donors (Lipinski definition) is 2. The number of piperidine rings is 1. The van der Waals surface area contributed by atoms with Crippen LogP contribution in [0, 0.1) is 5.92 Å². The van der Waals surface area contributed by atoms with E-state index in [1.165, 1.54) is 12.8 Å². The Bertz CT molecular complexity index is 368. The molecule has 2 unspecified atom stereocenters. The monoisotopic (exact) mass is 235 g/mol. The van der Waals surface area contributed by atoms with Crippen molar-refractivity contribution in [3.8, 4) is 0 Å². The maximum atomic E-state index is 5.86. The molecule has 0 radical (unpaired) electrons. The van der Waals surface area contributed by atoms with Gasteiger partial charge in [-0.25, -0.2) is 9.97 Å². The highest BCUT2D eigenvalue weighted by atomic mass is 15.2. The van der Waals surface area contributed by atoms with Gasteiger partial charge in [0.25, 0.3) is 0 Å². The average molecular weight is 235 g/mol. The lowest BCUT2D eigenvalue weighted by Crippen LogP contribution is -2.48. The number of nitrogen functional groups attached to an aromatic ring is 1. The molecule has 0 amide bonds. The van der Waals surface area contributed by atoms with Crippen LogP contribution in [0.3, 0.4) is 0 Å². The van der Waals surface area contributed by atoms with Gasteiger partial charge in [-0.2, -0.15) is 0 Å². The van der Waals surface area contributed by atoms with Gasteiger partial charge >= 0.3 is 0 Å². The highest BCUT2D eigenvalue weighted by molar-refractivity contribution is 5.25. The second-order valence-electron chi connectivity index (χ2n) is 4.79. The van der Waals surface area contributed by atoms with Crippen LogP contribution in [-0.2, 0) is 6.54 Å². The maximum absolute atomic E-state index is 5.86. The van der Waals surface area contributed by atoms with E-state index in [9.17, 15) is 0 Å². The molecule has 1 fully saturated rings. The second kappa shape index (κ2) is 5.42. The lowest BCUT2D eigenvalue weighted by molar-refractivity contribution is 0.0964. The van der Waals surface area contributed by atoms with Gasteiger partial charge in [0.2, 0.25) is 0 Å². The van der Waals surface area contributed by atoms with Crippen LogP contribution >= 0.6 is 0 Å². The fraction of sp³-hybridized carbons (Fsp3) is 0.667. The number of anilines is 1. The van der Waals surface area contributed by atoms with Crippen molar-refractivity contribution in [1.29, 1.82) is 0 Å². The maximum Gasteiger partial charge on any atom is 0.144 e. The lowest BCUT2D eigenvalue weighted by atomic mass is 9.91. The zero-order valence-electron chi connectivity index (χ0n) is 10.3. The summed E-state index contributed by atoms with van der Waals surface area (Å²) >= 11 is 0. The van der Waals surface area contributed by atoms with Crippen molar-refractivity contribution in [3.63, 3.8) is 0 Å². The molecular formula is C12H21N5. The van der Waals surface area contributed by atoms with Gasteiger partial charge in [0.15, 0.2) is 0 Å². The van der Waals surface area contributed by atoms with Gasteiger partial charge in [-0.1, -0.05) is 6.92 Å². The first-order valence-corrected chi connectivity index (χ1v) is 6.22. The first-order chi connectivity index (χ1) is 8.20. The third kappa shape index (κ3) is 2.92. The van der Waals surface area contributed by atoms with E-state index in [0.29, 0.717) is 24.3 Å². The van der Waals surface area contributed by atoms with Crippen LogP contribution in [0.2, 0.25) is 0 Å². The predicted molar refractivity (Wildman–Crippen MR) is 68.1 cm³/mol. The molecule has 1 saturated heterocycles. The summed E-state index contributed by atoms with van der Waals surface area (Å²) in [5.74, 6) is 1.97. The van der Waals surface area contributed by atoms with Gasteiger partial charge in [-0.3, -0.25) is 4.90 Å². The van der Waals surface area contributed by atoms with Crippen LogP contribution in [0.4, 0.5) is 5.82 Å². The first kappa shape index (κ1) is 12.3. The van der Waals surface area contributed by atoms with Crippen LogP contribution in [0.1, 0.15) is 25.6 Å². The largest absolute Gasteiger partial charge is 0.384 e. The molecule has 1 aromatic rings. The molecule has 4 N–H and O–H groups in total. The Morgan fingerprint density at radius 3 is 3.06 bits per heavy atom.